The minimum Gasteiger partial charge on any atom is -0.491 e. The molecule has 0 atom stereocenters. The Morgan fingerprint density at radius 3 is 2.74 bits per heavy atom. The Hall–Kier alpha value is -3.12. The standard InChI is InChI=1S/C28H35N3O3/c1-4-22-8-10-27-26(17-22)18-23-6-5-7-24(16-23)19-31(12-13-33-14-15-34-27)28(32)11-9-25-20-30(3)29-21(25)2/h5-8,10,16-17,20H,4,9,11-15,18-19H2,1-3H3. The topological polar surface area (TPSA) is 56.6 Å². The molecule has 34 heavy (non-hydrogen) atoms. The Balaban J connectivity index is 1.52. The fourth-order valence-corrected chi connectivity index (χ4v) is 4.48. The smallest absolute Gasteiger partial charge is 0.223 e. The Morgan fingerprint density at radius 2 is 1.94 bits per heavy atom. The maximum absolute atomic E-state index is 13.2. The number of hydrogen-bond acceptors (Lipinski definition) is 4. The van der Waals surface area contributed by atoms with Crippen molar-refractivity contribution in [2.24, 2.45) is 7.05 Å². The number of ether oxygens (including phenoxy) is 2. The van der Waals surface area contributed by atoms with E-state index in [0.717, 1.165) is 35.4 Å². The second-order valence-corrected chi connectivity index (χ2v) is 8.98. The third-order valence-corrected chi connectivity index (χ3v) is 6.36. The molecule has 0 saturated carbocycles. The van der Waals surface area contributed by atoms with Gasteiger partial charge in [0.2, 0.25) is 5.91 Å². The molecule has 6 heteroatoms. The number of benzene rings is 2. The van der Waals surface area contributed by atoms with Crippen molar-refractivity contribution < 1.29 is 14.3 Å². The first-order valence-corrected chi connectivity index (χ1v) is 12.2. The lowest BCUT2D eigenvalue weighted by atomic mass is 9.99. The Bertz CT molecular complexity index is 1120. The highest BCUT2D eigenvalue weighted by Crippen LogP contribution is 2.25. The van der Waals surface area contributed by atoms with Gasteiger partial charge in [0.1, 0.15) is 12.4 Å². The van der Waals surface area contributed by atoms with E-state index < -0.39 is 0 Å². The summed E-state index contributed by atoms with van der Waals surface area (Å²) < 4.78 is 13.7. The van der Waals surface area contributed by atoms with E-state index in [0.29, 0.717) is 45.8 Å². The molecular weight excluding hydrogens is 426 g/mol. The average molecular weight is 462 g/mol. The summed E-state index contributed by atoms with van der Waals surface area (Å²) in [6, 6.07) is 15.0. The molecule has 0 radical (unpaired) electrons. The van der Waals surface area contributed by atoms with Gasteiger partial charge in [0, 0.05) is 39.2 Å². The van der Waals surface area contributed by atoms with Gasteiger partial charge in [0.05, 0.1) is 18.9 Å². The zero-order valence-corrected chi connectivity index (χ0v) is 20.5. The number of amides is 1. The molecule has 180 valence electrons. The van der Waals surface area contributed by atoms with Crippen LogP contribution in [0.1, 0.15) is 46.9 Å². The SMILES string of the molecule is CCc1ccc2c(c1)Cc1cccc(c1)CN(C(=O)CCc1cn(C)nc1C)CCOCCO2. The number of hydrogen-bond donors (Lipinski definition) is 0. The predicted octanol–water partition coefficient (Wildman–Crippen LogP) is 4.25. The fraction of sp³-hybridized carbons (Fsp3) is 0.429. The Morgan fingerprint density at radius 1 is 1.09 bits per heavy atom. The van der Waals surface area contributed by atoms with Crippen LogP contribution < -0.4 is 4.74 Å². The molecule has 1 amide bonds. The van der Waals surface area contributed by atoms with Gasteiger partial charge < -0.3 is 14.4 Å². The molecule has 4 rings (SSSR count). The Kier molecular flexibility index (Phi) is 8.01. The summed E-state index contributed by atoms with van der Waals surface area (Å²) >= 11 is 0. The van der Waals surface area contributed by atoms with E-state index in [1.807, 2.05) is 25.1 Å². The molecule has 6 nitrogen and oxygen atoms in total. The number of nitrogens with zero attached hydrogens (tertiary/aromatic N) is 3. The third-order valence-electron chi connectivity index (χ3n) is 6.36. The van der Waals surface area contributed by atoms with Crippen molar-refractivity contribution in [1.29, 1.82) is 0 Å². The van der Waals surface area contributed by atoms with E-state index in [4.69, 9.17) is 9.47 Å². The summed E-state index contributed by atoms with van der Waals surface area (Å²) in [5.74, 6) is 1.06. The van der Waals surface area contributed by atoms with Crippen LogP contribution in [0.15, 0.2) is 48.7 Å². The summed E-state index contributed by atoms with van der Waals surface area (Å²) in [5.41, 5.74) is 6.96. The van der Waals surface area contributed by atoms with Gasteiger partial charge in [-0.1, -0.05) is 43.3 Å². The first kappa shape index (κ1) is 24.0. The summed E-state index contributed by atoms with van der Waals surface area (Å²) in [5, 5.41) is 4.39. The van der Waals surface area contributed by atoms with Crippen LogP contribution in [0.3, 0.4) is 0 Å². The van der Waals surface area contributed by atoms with E-state index >= 15 is 0 Å². The number of fused-ring (bicyclic) bond motifs is 3. The van der Waals surface area contributed by atoms with Crippen molar-refractivity contribution in [3.05, 3.63) is 82.2 Å². The molecule has 0 unspecified atom stereocenters. The molecule has 0 fully saturated rings. The molecule has 1 aliphatic rings. The quantitative estimate of drug-likeness (QED) is 0.583. The maximum atomic E-state index is 13.2. The molecular formula is C28H35N3O3. The van der Waals surface area contributed by atoms with Crippen LogP contribution in [0.4, 0.5) is 0 Å². The van der Waals surface area contributed by atoms with Gasteiger partial charge in [-0.05, 0) is 53.6 Å². The second-order valence-electron chi connectivity index (χ2n) is 8.98. The molecule has 0 saturated heterocycles. The first-order chi connectivity index (χ1) is 16.5. The van der Waals surface area contributed by atoms with Crippen molar-refractivity contribution in [2.75, 3.05) is 26.4 Å². The van der Waals surface area contributed by atoms with Crippen LogP contribution in [0.2, 0.25) is 0 Å². The molecule has 2 aromatic carbocycles. The van der Waals surface area contributed by atoms with Gasteiger partial charge in [0.15, 0.2) is 0 Å². The van der Waals surface area contributed by atoms with Crippen LogP contribution in [-0.2, 0) is 42.4 Å². The predicted molar refractivity (Wildman–Crippen MR) is 133 cm³/mol. The van der Waals surface area contributed by atoms with Crippen molar-refractivity contribution in [2.45, 2.75) is 46.1 Å². The lowest BCUT2D eigenvalue weighted by Gasteiger charge is -2.24. The Labute approximate surface area is 202 Å². The monoisotopic (exact) mass is 461 g/mol. The number of aryl methyl sites for hydroxylation is 4. The molecule has 0 spiro atoms. The van der Waals surface area contributed by atoms with Crippen LogP contribution in [-0.4, -0.2) is 47.0 Å². The number of rotatable bonds is 4. The van der Waals surface area contributed by atoms with Crippen LogP contribution >= 0.6 is 0 Å². The summed E-state index contributed by atoms with van der Waals surface area (Å²) in [7, 11) is 1.91. The van der Waals surface area contributed by atoms with Gasteiger partial charge in [0.25, 0.3) is 0 Å². The minimum absolute atomic E-state index is 0.138. The molecule has 2 bridgehead atoms. The van der Waals surface area contributed by atoms with E-state index in [1.165, 1.54) is 16.7 Å². The minimum atomic E-state index is 0.138. The zero-order valence-electron chi connectivity index (χ0n) is 20.5. The van der Waals surface area contributed by atoms with Crippen molar-refractivity contribution >= 4 is 5.91 Å². The first-order valence-electron chi connectivity index (χ1n) is 12.2. The van der Waals surface area contributed by atoms with Crippen molar-refractivity contribution in [3.8, 4) is 5.75 Å². The van der Waals surface area contributed by atoms with Gasteiger partial charge in [-0.2, -0.15) is 5.10 Å². The van der Waals surface area contributed by atoms with Crippen LogP contribution in [0.5, 0.6) is 5.75 Å². The second kappa shape index (κ2) is 11.3. The lowest BCUT2D eigenvalue weighted by molar-refractivity contribution is -0.132. The average Bonchev–Trinajstić information content (AvgIpc) is 3.16. The lowest BCUT2D eigenvalue weighted by Crippen LogP contribution is -2.34. The van der Waals surface area contributed by atoms with E-state index in [9.17, 15) is 4.79 Å². The third kappa shape index (κ3) is 6.26. The van der Waals surface area contributed by atoms with E-state index in [1.54, 1.807) is 4.68 Å². The number of aromatic nitrogens is 2. The highest BCUT2D eigenvalue weighted by molar-refractivity contribution is 5.76. The summed E-state index contributed by atoms with van der Waals surface area (Å²) in [6.45, 7) is 6.78. The number of carbonyl (C=O) groups excluding carboxylic acids is 1. The molecule has 0 N–H and O–H groups in total. The van der Waals surface area contributed by atoms with E-state index in [-0.39, 0.29) is 5.91 Å². The molecule has 0 aliphatic carbocycles. The van der Waals surface area contributed by atoms with Crippen molar-refractivity contribution in [1.82, 2.24) is 14.7 Å². The normalized spacial score (nSPS) is 14.7. The van der Waals surface area contributed by atoms with Crippen molar-refractivity contribution in [3.63, 3.8) is 0 Å². The zero-order chi connectivity index (χ0) is 23.9. The van der Waals surface area contributed by atoms with Crippen LogP contribution in [0, 0.1) is 6.92 Å². The highest BCUT2D eigenvalue weighted by Gasteiger charge is 2.16. The molecule has 1 aliphatic heterocycles. The van der Waals surface area contributed by atoms with Gasteiger partial charge in [-0.15, -0.1) is 0 Å². The summed E-state index contributed by atoms with van der Waals surface area (Å²) in [6.07, 6.45) is 4.95. The maximum Gasteiger partial charge on any atom is 0.223 e. The van der Waals surface area contributed by atoms with Gasteiger partial charge >= 0.3 is 0 Å². The van der Waals surface area contributed by atoms with Gasteiger partial charge in [-0.3, -0.25) is 9.48 Å². The summed E-state index contributed by atoms with van der Waals surface area (Å²) in [4.78, 5) is 15.1. The molecule has 3 aromatic rings. The number of carbonyl (C=O) groups is 1. The van der Waals surface area contributed by atoms with E-state index in [2.05, 4.69) is 54.5 Å². The molecule has 2 heterocycles. The fourth-order valence-electron chi connectivity index (χ4n) is 4.48. The molecule has 1 aromatic heterocycles. The largest absolute Gasteiger partial charge is 0.491 e. The van der Waals surface area contributed by atoms with Gasteiger partial charge in [-0.25, -0.2) is 0 Å². The van der Waals surface area contributed by atoms with Crippen LogP contribution in [0.25, 0.3) is 0 Å². The highest BCUT2D eigenvalue weighted by atomic mass is 16.5.